The van der Waals surface area contributed by atoms with Crippen LogP contribution in [0.3, 0.4) is 0 Å². The van der Waals surface area contributed by atoms with Crippen LogP contribution < -0.4 is 10.6 Å². The molecule has 3 N–H and O–H groups in total. The van der Waals surface area contributed by atoms with Crippen molar-refractivity contribution in [3.05, 3.63) is 58.4 Å². The molecule has 0 radical (unpaired) electrons. The van der Waals surface area contributed by atoms with Crippen molar-refractivity contribution < 1.29 is 24.2 Å². The van der Waals surface area contributed by atoms with Crippen molar-refractivity contribution in [2.75, 3.05) is 38.6 Å². The zero-order valence-corrected chi connectivity index (χ0v) is 21.1. The number of carbonyl (C=O) groups is 3. The summed E-state index contributed by atoms with van der Waals surface area (Å²) >= 11 is 5.98. The fourth-order valence-electron chi connectivity index (χ4n) is 4.47. The minimum atomic E-state index is -0.920. The normalized spacial score (nSPS) is 15.7. The lowest BCUT2D eigenvalue weighted by Crippen LogP contribution is -2.66. The summed E-state index contributed by atoms with van der Waals surface area (Å²) in [5.41, 5.74) is 1.48. The Hall–Kier alpha value is -3.01. The standard InChI is InChI=1S/C25H31ClN4O5/c1-15(2)18-7-5-6-8-20(18)25(13-30(14-25)11-17(12-31)35-16(3)32)24(34)29-21-10-28-22(26)9-19(21)23(33)27-4/h5-10,15,17,31H,11-14H2,1-4H3,(H,27,33)(H,29,34)/t17-/m1/s1. The molecule has 0 bridgehead atoms. The quantitative estimate of drug-likeness (QED) is 0.355. The third-order valence-corrected chi connectivity index (χ3v) is 6.32. The SMILES string of the molecule is CNC(=O)c1cc(Cl)ncc1NC(=O)C1(c2ccccc2C(C)C)CN(C[C@H](CO)OC(C)=O)C1. The Bertz CT molecular complexity index is 1100. The smallest absolute Gasteiger partial charge is 0.303 e. The van der Waals surface area contributed by atoms with Crippen LogP contribution in [0.1, 0.15) is 48.2 Å². The molecule has 0 unspecified atom stereocenters. The number of aliphatic hydroxyl groups excluding tert-OH is 1. The summed E-state index contributed by atoms with van der Waals surface area (Å²) in [6.07, 6.45) is 0.681. The molecule has 2 amide bonds. The van der Waals surface area contributed by atoms with Gasteiger partial charge in [-0.15, -0.1) is 0 Å². The molecule has 9 nitrogen and oxygen atoms in total. The van der Waals surface area contributed by atoms with E-state index < -0.39 is 23.4 Å². The van der Waals surface area contributed by atoms with E-state index in [0.29, 0.717) is 19.6 Å². The van der Waals surface area contributed by atoms with Gasteiger partial charge in [0, 0.05) is 33.6 Å². The van der Waals surface area contributed by atoms with E-state index in [1.54, 1.807) is 0 Å². The Labute approximate surface area is 209 Å². The molecule has 35 heavy (non-hydrogen) atoms. The van der Waals surface area contributed by atoms with Crippen molar-refractivity contribution in [2.45, 2.75) is 38.2 Å². The van der Waals surface area contributed by atoms with Gasteiger partial charge < -0.3 is 20.5 Å². The predicted molar refractivity (Wildman–Crippen MR) is 133 cm³/mol. The number of pyridine rings is 1. The van der Waals surface area contributed by atoms with Gasteiger partial charge in [-0.1, -0.05) is 49.7 Å². The molecule has 1 fully saturated rings. The minimum Gasteiger partial charge on any atom is -0.459 e. The number of halogens is 1. The second kappa shape index (κ2) is 11.2. The summed E-state index contributed by atoms with van der Waals surface area (Å²) in [5.74, 6) is -0.988. The zero-order chi connectivity index (χ0) is 25.8. The number of aromatic nitrogens is 1. The lowest BCUT2D eigenvalue weighted by Gasteiger charge is -2.50. The van der Waals surface area contributed by atoms with Gasteiger partial charge in [0.05, 0.1) is 29.5 Å². The number of ether oxygens (including phenoxy) is 1. The number of hydrogen-bond donors (Lipinski definition) is 3. The van der Waals surface area contributed by atoms with E-state index in [1.165, 1.54) is 26.2 Å². The number of rotatable bonds is 9. The molecule has 0 aliphatic carbocycles. The van der Waals surface area contributed by atoms with Crippen LogP contribution in [0.2, 0.25) is 5.15 Å². The number of anilines is 1. The van der Waals surface area contributed by atoms with Gasteiger partial charge >= 0.3 is 5.97 Å². The highest BCUT2D eigenvalue weighted by Gasteiger charge is 2.52. The first kappa shape index (κ1) is 26.6. The maximum atomic E-state index is 13.9. The van der Waals surface area contributed by atoms with Gasteiger partial charge in [0.2, 0.25) is 5.91 Å². The first-order valence-electron chi connectivity index (χ1n) is 11.4. The van der Waals surface area contributed by atoms with Gasteiger partial charge in [0.15, 0.2) is 0 Å². The summed E-state index contributed by atoms with van der Waals surface area (Å²) < 4.78 is 5.17. The van der Waals surface area contributed by atoms with Crippen molar-refractivity contribution in [2.24, 2.45) is 0 Å². The second-order valence-corrected chi connectivity index (χ2v) is 9.38. The predicted octanol–water partition coefficient (Wildman–Crippen LogP) is 2.33. The number of likely N-dealkylation sites (tertiary alicyclic amines) is 1. The van der Waals surface area contributed by atoms with Crippen molar-refractivity contribution in [3.8, 4) is 0 Å². The number of benzene rings is 1. The summed E-state index contributed by atoms with van der Waals surface area (Å²) in [5, 5.41) is 15.2. The van der Waals surface area contributed by atoms with Gasteiger partial charge in [0.1, 0.15) is 11.3 Å². The number of carbonyl (C=O) groups excluding carboxylic acids is 3. The molecule has 1 aliphatic heterocycles. The van der Waals surface area contributed by atoms with Crippen molar-refractivity contribution >= 4 is 35.1 Å². The maximum absolute atomic E-state index is 13.9. The summed E-state index contributed by atoms with van der Waals surface area (Å²) in [7, 11) is 1.49. The zero-order valence-electron chi connectivity index (χ0n) is 20.3. The molecule has 1 aromatic heterocycles. The first-order valence-corrected chi connectivity index (χ1v) is 11.8. The molecule has 2 heterocycles. The van der Waals surface area contributed by atoms with Crippen LogP contribution in [0.25, 0.3) is 0 Å². The van der Waals surface area contributed by atoms with Crippen LogP contribution in [0, 0.1) is 0 Å². The van der Waals surface area contributed by atoms with Crippen molar-refractivity contribution in [1.82, 2.24) is 15.2 Å². The van der Waals surface area contributed by atoms with Crippen LogP contribution in [0.15, 0.2) is 36.5 Å². The van der Waals surface area contributed by atoms with Crippen LogP contribution >= 0.6 is 11.6 Å². The molecular weight excluding hydrogens is 472 g/mol. The molecule has 3 rings (SSSR count). The molecule has 1 saturated heterocycles. The topological polar surface area (TPSA) is 121 Å². The summed E-state index contributed by atoms with van der Waals surface area (Å²) in [4.78, 5) is 43.6. The number of aliphatic hydroxyl groups is 1. The highest BCUT2D eigenvalue weighted by molar-refractivity contribution is 6.30. The molecule has 0 spiro atoms. The lowest BCUT2D eigenvalue weighted by atomic mass is 9.69. The van der Waals surface area contributed by atoms with E-state index in [0.717, 1.165) is 11.1 Å². The molecule has 2 aromatic rings. The Morgan fingerprint density at radius 1 is 1.26 bits per heavy atom. The first-order chi connectivity index (χ1) is 16.6. The average molecular weight is 503 g/mol. The molecule has 0 saturated carbocycles. The molecule has 1 aromatic carbocycles. The van der Waals surface area contributed by atoms with E-state index in [2.05, 4.69) is 29.5 Å². The average Bonchev–Trinajstić information content (AvgIpc) is 2.80. The van der Waals surface area contributed by atoms with Crippen molar-refractivity contribution in [3.63, 3.8) is 0 Å². The second-order valence-electron chi connectivity index (χ2n) is 8.99. The van der Waals surface area contributed by atoms with Crippen LogP contribution in [-0.2, 0) is 19.7 Å². The van der Waals surface area contributed by atoms with Crippen molar-refractivity contribution in [1.29, 1.82) is 0 Å². The molecule has 188 valence electrons. The summed E-state index contributed by atoms with van der Waals surface area (Å²) in [6.45, 7) is 6.09. The monoisotopic (exact) mass is 502 g/mol. The van der Waals surface area contributed by atoms with E-state index >= 15 is 0 Å². The van der Waals surface area contributed by atoms with Gasteiger partial charge in [-0.25, -0.2) is 4.98 Å². The van der Waals surface area contributed by atoms with Crippen LogP contribution in [0.4, 0.5) is 5.69 Å². The number of hydrogen-bond acceptors (Lipinski definition) is 7. The highest BCUT2D eigenvalue weighted by atomic mass is 35.5. The fraction of sp³-hybridized carbons (Fsp3) is 0.440. The molecule has 1 aliphatic rings. The summed E-state index contributed by atoms with van der Waals surface area (Å²) in [6, 6.07) is 9.20. The Morgan fingerprint density at radius 2 is 1.94 bits per heavy atom. The minimum absolute atomic E-state index is 0.136. The van der Waals surface area contributed by atoms with E-state index in [9.17, 15) is 19.5 Å². The van der Waals surface area contributed by atoms with E-state index in [4.69, 9.17) is 16.3 Å². The number of amides is 2. The number of nitrogens with zero attached hydrogens (tertiary/aromatic N) is 2. The Morgan fingerprint density at radius 3 is 2.54 bits per heavy atom. The Kier molecular flexibility index (Phi) is 8.47. The van der Waals surface area contributed by atoms with Crippen LogP contribution in [0.5, 0.6) is 0 Å². The lowest BCUT2D eigenvalue weighted by molar-refractivity contribution is -0.151. The van der Waals surface area contributed by atoms with Gasteiger partial charge in [-0.3, -0.25) is 19.3 Å². The van der Waals surface area contributed by atoms with Gasteiger partial charge in [-0.2, -0.15) is 0 Å². The van der Waals surface area contributed by atoms with Gasteiger partial charge in [0.25, 0.3) is 5.91 Å². The Balaban J connectivity index is 1.95. The maximum Gasteiger partial charge on any atom is 0.303 e. The number of esters is 1. The molecule has 1 atom stereocenters. The third-order valence-electron chi connectivity index (χ3n) is 6.11. The van der Waals surface area contributed by atoms with Crippen LogP contribution in [-0.4, -0.2) is 72.2 Å². The third kappa shape index (κ3) is 5.80. The largest absolute Gasteiger partial charge is 0.459 e. The number of nitrogens with one attached hydrogen (secondary N) is 2. The van der Waals surface area contributed by atoms with E-state index in [1.807, 2.05) is 29.2 Å². The van der Waals surface area contributed by atoms with Gasteiger partial charge in [-0.05, 0) is 23.1 Å². The molecular formula is C25H31ClN4O5. The fourth-order valence-corrected chi connectivity index (χ4v) is 4.63. The molecule has 10 heteroatoms. The van der Waals surface area contributed by atoms with E-state index in [-0.39, 0.29) is 34.8 Å². The highest BCUT2D eigenvalue weighted by Crippen LogP contribution is 2.40.